The molecule has 1 aromatic carbocycles. The van der Waals surface area contributed by atoms with E-state index in [2.05, 4.69) is 20.5 Å². The number of rotatable bonds is 7. The number of ether oxygens (including phenoxy) is 1. The Balaban J connectivity index is 1.72. The summed E-state index contributed by atoms with van der Waals surface area (Å²) < 4.78 is 18.5. The zero-order valence-corrected chi connectivity index (χ0v) is 15.1. The number of likely N-dealkylation sites (tertiary alicyclic amines) is 1. The Morgan fingerprint density at radius 1 is 1.40 bits per heavy atom. The molecule has 0 aromatic heterocycles. The van der Waals surface area contributed by atoms with E-state index < -0.39 is 5.82 Å². The summed E-state index contributed by atoms with van der Waals surface area (Å²) in [5.74, 6) is -0.224. The van der Waals surface area contributed by atoms with E-state index in [9.17, 15) is 9.50 Å². The zero-order valence-electron chi connectivity index (χ0n) is 15.1. The van der Waals surface area contributed by atoms with Gasteiger partial charge in [0.1, 0.15) is 0 Å². The largest absolute Gasteiger partial charge is 0.505 e. The standard InChI is InChI=1S/C18H29FN4O2/c1-20-18(21-13-14-4-5-17(24)16(19)12-14)22-15-6-9-23(10-7-15)8-3-11-25-2/h4-5,12,15,24H,3,6-11,13H2,1-2H3,(H2,20,21,22). The second-order valence-electron chi connectivity index (χ2n) is 6.32. The van der Waals surface area contributed by atoms with Crippen molar-refractivity contribution >= 4 is 5.96 Å². The molecule has 0 radical (unpaired) electrons. The third-order valence-corrected chi connectivity index (χ3v) is 4.45. The van der Waals surface area contributed by atoms with Gasteiger partial charge in [0, 0.05) is 53.0 Å². The van der Waals surface area contributed by atoms with Gasteiger partial charge in [-0.3, -0.25) is 4.99 Å². The molecule has 0 spiro atoms. The van der Waals surface area contributed by atoms with Crippen molar-refractivity contribution in [3.8, 4) is 5.75 Å². The highest BCUT2D eigenvalue weighted by Crippen LogP contribution is 2.16. The van der Waals surface area contributed by atoms with Gasteiger partial charge in [0.15, 0.2) is 17.5 Å². The van der Waals surface area contributed by atoms with E-state index in [1.165, 1.54) is 12.1 Å². The van der Waals surface area contributed by atoms with Crippen molar-refractivity contribution in [2.45, 2.75) is 31.8 Å². The maximum atomic E-state index is 13.4. The van der Waals surface area contributed by atoms with Crippen molar-refractivity contribution in [1.29, 1.82) is 0 Å². The number of hydrogen-bond donors (Lipinski definition) is 3. The minimum Gasteiger partial charge on any atom is -0.505 e. The van der Waals surface area contributed by atoms with Crippen molar-refractivity contribution in [2.24, 2.45) is 4.99 Å². The van der Waals surface area contributed by atoms with E-state index in [0.717, 1.165) is 51.1 Å². The van der Waals surface area contributed by atoms with Gasteiger partial charge in [-0.15, -0.1) is 0 Å². The molecule has 1 saturated heterocycles. The molecule has 6 nitrogen and oxygen atoms in total. The fraction of sp³-hybridized carbons (Fsp3) is 0.611. The predicted molar refractivity (Wildman–Crippen MR) is 97.4 cm³/mol. The summed E-state index contributed by atoms with van der Waals surface area (Å²) in [4.78, 5) is 6.70. The highest BCUT2D eigenvalue weighted by molar-refractivity contribution is 5.79. The normalized spacial score (nSPS) is 16.8. The fourth-order valence-corrected chi connectivity index (χ4v) is 2.97. The van der Waals surface area contributed by atoms with Crippen molar-refractivity contribution in [2.75, 3.05) is 40.4 Å². The summed E-state index contributed by atoms with van der Waals surface area (Å²) in [5.41, 5.74) is 0.756. The third kappa shape index (κ3) is 6.51. The van der Waals surface area contributed by atoms with Crippen molar-refractivity contribution < 1.29 is 14.2 Å². The minimum absolute atomic E-state index is 0.330. The number of phenols is 1. The Labute approximate surface area is 149 Å². The molecule has 7 heteroatoms. The van der Waals surface area contributed by atoms with E-state index in [4.69, 9.17) is 4.74 Å². The summed E-state index contributed by atoms with van der Waals surface area (Å²) in [5, 5.41) is 15.9. The summed E-state index contributed by atoms with van der Waals surface area (Å²) in [6, 6.07) is 4.77. The van der Waals surface area contributed by atoms with Crippen LogP contribution in [-0.4, -0.2) is 62.4 Å². The van der Waals surface area contributed by atoms with Crippen LogP contribution >= 0.6 is 0 Å². The van der Waals surface area contributed by atoms with Gasteiger partial charge in [-0.2, -0.15) is 0 Å². The van der Waals surface area contributed by atoms with E-state index in [0.29, 0.717) is 18.5 Å². The van der Waals surface area contributed by atoms with E-state index in [-0.39, 0.29) is 5.75 Å². The first-order valence-corrected chi connectivity index (χ1v) is 8.78. The molecule has 0 saturated carbocycles. The molecule has 0 bridgehead atoms. The van der Waals surface area contributed by atoms with Gasteiger partial charge < -0.3 is 25.4 Å². The lowest BCUT2D eigenvalue weighted by Crippen LogP contribution is -2.48. The molecular weight excluding hydrogens is 323 g/mol. The number of aliphatic imine (C=N–C) groups is 1. The second kappa shape index (κ2) is 10.2. The quantitative estimate of drug-likeness (QED) is 0.396. The number of methoxy groups -OCH3 is 1. The molecule has 25 heavy (non-hydrogen) atoms. The monoisotopic (exact) mass is 352 g/mol. The molecule has 1 fully saturated rings. The van der Waals surface area contributed by atoms with Gasteiger partial charge in [0.2, 0.25) is 0 Å². The van der Waals surface area contributed by atoms with Gasteiger partial charge in [-0.1, -0.05) is 6.07 Å². The predicted octanol–water partition coefficient (Wildman–Crippen LogP) is 1.70. The maximum absolute atomic E-state index is 13.4. The zero-order chi connectivity index (χ0) is 18.1. The van der Waals surface area contributed by atoms with Crippen LogP contribution < -0.4 is 10.6 Å². The van der Waals surface area contributed by atoms with Crippen LogP contribution in [0.1, 0.15) is 24.8 Å². The first-order valence-electron chi connectivity index (χ1n) is 8.78. The van der Waals surface area contributed by atoms with Crippen molar-refractivity contribution in [1.82, 2.24) is 15.5 Å². The van der Waals surface area contributed by atoms with Crippen LogP contribution in [0, 0.1) is 5.82 Å². The van der Waals surface area contributed by atoms with Crippen LogP contribution in [0.4, 0.5) is 4.39 Å². The average Bonchev–Trinajstić information content (AvgIpc) is 2.63. The number of piperidine rings is 1. The molecular formula is C18H29FN4O2. The first kappa shape index (κ1) is 19.5. The number of benzene rings is 1. The number of halogens is 1. The summed E-state index contributed by atoms with van der Waals surface area (Å²) in [6.07, 6.45) is 3.21. The van der Waals surface area contributed by atoms with Crippen LogP contribution in [0.15, 0.2) is 23.2 Å². The summed E-state index contributed by atoms with van der Waals surface area (Å²) >= 11 is 0. The molecule has 0 amide bonds. The molecule has 3 N–H and O–H groups in total. The number of phenolic OH excluding ortho intramolecular Hbond substituents is 1. The lowest BCUT2D eigenvalue weighted by Gasteiger charge is -2.33. The van der Waals surface area contributed by atoms with Crippen molar-refractivity contribution in [3.05, 3.63) is 29.6 Å². The summed E-state index contributed by atoms with van der Waals surface area (Å²) in [6.45, 7) is 4.49. The molecule has 2 rings (SSSR count). The van der Waals surface area contributed by atoms with E-state index in [1.807, 2.05) is 0 Å². The molecule has 1 aliphatic heterocycles. The number of guanidine groups is 1. The fourth-order valence-electron chi connectivity index (χ4n) is 2.97. The van der Waals surface area contributed by atoms with Crippen LogP contribution in [0.5, 0.6) is 5.75 Å². The van der Waals surface area contributed by atoms with Crippen LogP contribution in [0.25, 0.3) is 0 Å². The van der Waals surface area contributed by atoms with Gasteiger partial charge in [0.05, 0.1) is 0 Å². The Kier molecular flexibility index (Phi) is 7.94. The number of hydrogen-bond acceptors (Lipinski definition) is 4. The SMILES string of the molecule is CN=C(NCc1ccc(O)c(F)c1)NC1CCN(CCCOC)CC1. The Morgan fingerprint density at radius 2 is 2.16 bits per heavy atom. The summed E-state index contributed by atoms with van der Waals surface area (Å²) in [7, 11) is 3.47. The highest BCUT2D eigenvalue weighted by Gasteiger charge is 2.19. The van der Waals surface area contributed by atoms with Gasteiger partial charge in [-0.05, 0) is 37.0 Å². The van der Waals surface area contributed by atoms with Gasteiger partial charge >= 0.3 is 0 Å². The van der Waals surface area contributed by atoms with Crippen LogP contribution in [-0.2, 0) is 11.3 Å². The smallest absolute Gasteiger partial charge is 0.191 e. The molecule has 0 unspecified atom stereocenters. The van der Waals surface area contributed by atoms with Crippen LogP contribution in [0.2, 0.25) is 0 Å². The first-order chi connectivity index (χ1) is 12.1. The van der Waals surface area contributed by atoms with E-state index in [1.54, 1.807) is 20.2 Å². The number of aromatic hydroxyl groups is 1. The molecule has 1 aromatic rings. The Morgan fingerprint density at radius 3 is 2.80 bits per heavy atom. The number of nitrogens with zero attached hydrogens (tertiary/aromatic N) is 2. The molecule has 140 valence electrons. The topological polar surface area (TPSA) is 69.1 Å². The highest BCUT2D eigenvalue weighted by atomic mass is 19.1. The maximum Gasteiger partial charge on any atom is 0.191 e. The Hall–Kier alpha value is -1.86. The molecule has 0 atom stereocenters. The van der Waals surface area contributed by atoms with Gasteiger partial charge in [0.25, 0.3) is 0 Å². The molecule has 1 heterocycles. The molecule has 0 aliphatic carbocycles. The third-order valence-electron chi connectivity index (χ3n) is 4.45. The minimum atomic E-state index is -0.608. The van der Waals surface area contributed by atoms with E-state index >= 15 is 0 Å². The lowest BCUT2D eigenvalue weighted by molar-refractivity contribution is 0.155. The lowest BCUT2D eigenvalue weighted by atomic mass is 10.1. The van der Waals surface area contributed by atoms with Gasteiger partial charge in [-0.25, -0.2) is 4.39 Å². The number of nitrogens with one attached hydrogen (secondary N) is 2. The second-order valence-corrected chi connectivity index (χ2v) is 6.32. The molecule has 1 aliphatic rings. The van der Waals surface area contributed by atoms with Crippen molar-refractivity contribution in [3.63, 3.8) is 0 Å². The Bertz CT molecular complexity index is 560. The average molecular weight is 352 g/mol. The van der Waals surface area contributed by atoms with Crippen LogP contribution in [0.3, 0.4) is 0 Å².